The Bertz CT molecular complexity index is 718. The maximum absolute atomic E-state index is 12.7. The Morgan fingerprint density at radius 3 is 2.41 bits per heavy atom. The summed E-state index contributed by atoms with van der Waals surface area (Å²) in [4.78, 5) is 40.4. The van der Waals surface area contributed by atoms with Crippen LogP contribution in [0.4, 0.5) is 4.79 Å². The van der Waals surface area contributed by atoms with E-state index in [4.69, 9.17) is 0 Å². The number of urea groups is 1. The molecule has 2 aliphatic rings. The van der Waals surface area contributed by atoms with Crippen LogP contribution in [0.25, 0.3) is 0 Å². The quantitative estimate of drug-likeness (QED) is 0.863. The Balaban J connectivity index is 1.53. The number of nitrogens with zero attached hydrogens (tertiary/aromatic N) is 4. The average molecular weight is 375 g/mol. The second-order valence-corrected chi connectivity index (χ2v) is 7.34. The summed E-state index contributed by atoms with van der Waals surface area (Å²) in [7, 11) is 0. The number of aromatic nitrogens is 2. The third kappa shape index (κ3) is 4.87. The molecule has 8 heteroatoms. The predicted molar refractivity (Wildman–Crippen MR) is 102 cm³/mol. The molecule has 0 radical (unpaired) electrons. The number of nitrogens with one attached hydrogen (secondary N) is 1. The van der Waals surface area contributed by atoms with Gasteiger partial charge in [-0.1, -0.05) is 26.2 Å². The van der Waals surface area contributed by atoms with E-state index >= 15 is 0 Å². The van der Waals surface area contributed by atoms with Crippen molar-refractivity contribution in [2.45, 2.75) is 58.0 Å². The van der Waals surface area contributed by atoms with Crippen LogP contribution in [-0.4, -0.2) is 63.7 Å². The molecule has 8 nitrogen and oxygen atoms in total. The van der Waals surface area contributed by atoms with Crippen LogP contribution in [0, 0.1) is 0 Å². The molecule has 0 bridgehead atoms. The van der Waals surface area contributed by atoms with E-state index in [1.165, 1.54) is 36.1 Å². The van der Waals surface area contributed by atoms with Crippen molar-refractivity contribution in [2.24, 2.45) is 0 Å². The second-order valence-electron chi connectivity index (χ2n) is 7.34. The van der Waals surface area contributed by atoms with Crippen LogP contribution in [0.5, 0.6) is 0 Å². The van der Waals surface area contributed by atoms with Gasteiger partial charge in [-0.2, -0.15) is 5.10 Å². The maximum atomic E-state index is 12.7. The molecule has 0 aromatic carbocycles. The Kier molecular flexibility index (Phi) is 6.47. The van der Waals surface area contributed by atoms with E-state index in [9.17, 15) is 14.4 Å². The summed E-state index contributed by atoms with van der Waals surface area (Å²) in [5.41, 5.74) is 0.0840. The first kappa shape index (κ1) is 19.4. The molecule has 0 spiro atoms. The summed E-state index contributed by atoms with van der Waals surface area (Å²) < 4.78 is 1.33. The fourth-order valence-electron chi connectivity index (χ4n) is 3.72. The zero-order chi connectivity index (χ0) is 19.2. The topological polar surface area (TPSA) is 87.5 Å². The minimum Gasteiger partial charge on any atom is -0.335 e. The van der Waals surface area contributed by atoms with Crippen molar-refractivity contribution in [1.82, 2.24) is 24.9 Å². The molecule has 1 saturated heterocycles. The van der Waals surface area contributed by atoms with Crippen molar-refractivity contribution in [3.63, 3.8) is 0 Å². The molecule has 1 aliphatic heterocycles. The molecular formula is C19H29N5O3. The maximum Gasteiger partial charge on any atom is 0.317 e. The lowest BCUT2D eigenvalue weighted by molar-refractivity contribution is 0.0654. The van der Waals surface area contributed by atoms with Gasteiger partial charge in [0.25, 0.3) is 11.5 Å². The molecule has 1 aliphatic carbocycles. The molecule has 1 aromatic heterocycles. The molecule has 148 valence electrons. The standard InChI is InChI=1S/C19H29N5O3/c1-2-10-24-17(25)9-8-16(21-24)18(26)22-11-13-23(14-12-22)19(27)20-15-6-4-3-5-7-15/h8-9,15H,2-7,10-14H2,1H3,(H,20,27). The molecule has 0 unspecified atom stereocenters. The number of carbonyl (C=O) groups excluding carboxylic acids is 2. The van der Waals surface area contributed by atoms with E-state index in [2.05, 4.69) is 10.4 Å². The zero-order valence-corrected chi connectivity index (χ0v) is 16.0. The minimum absolute atomic E-state index is 0.0244. The van der Waals surface area contributed by atoms with Gasteiger partial charge in [-0.25, -0.2) is 9.48 Å². The lowest BCUT2D eigenvalue weighted by atomic mass is 9.96. The first-order chi connectivity index (χ1) is 13.1. The monoisotopic (exact) mass is 375 g/mol. The van der Waals surface area contributed by atoms with Gasteiger partial charge < -0.3 is 15.1 Å². The Morgan fingerprint density at radius 1 is 1.07 bits per heavy atom. The van der Waals surface area contributed by atoms with Gasteiger partial charge in [0, 0.05) is 44.8 Å². The average Bonchev–Trinajstić information content (AvgIpc) is 2.70. The lowest BCUT2D eigenvalue weighted by Gasteiger charge is -2.35. The molecule has 1 saturated carbocycles. The molecule has 2 fully saturated rings. The summed E-state index contributed by atoms with van der Waals surface area (Å²) in [5, 5.41) is 7.31. The number of hydrogen-bond acceptors (Lipinski definition) is 4. The molecular weight excluding hydrogens is 346 g/mol. The highest BCUT2D eigenvalue weighted by Gasteiger charge is 2.27. The third-order valence-electron chi connectivity index (χ3n) is 5.31. The largest absolute Gasteiger partial charge is 0.335 e. The van der Waals surface area contributed by atoms with Gasteiger partial charge in [0.15, 0.2) is 0 Å². The highest BCUT2D eigenvalue weighted by molar-refractivity contribution is 5.92. The van der Waals surface area contributed by atoms with Crippen molar-refractivity contribution in [3.05, 3.63) is 28.2 Å². The van der Waals surface area contributed by atoms with E-state index in [0.717, 1.165) is 19.3 Å². The zero-order valence-electron chi connectivity index (χ0n) is 16.0. The Labute approximate surface area is 159 Å². The third-order valence-corrected chi connectivity index (χ3v) is 5.31. The van der Waals surface area contributed by atoms with Crippen LogP contribution in [0.15, 0.2) is 16.9 Å². The summed E-state index contributed by atoms with van der Waals surface area (Å²) in [6.07, 6.45) is 6.51. The fraction of sp³-hybridized carbons (Fsp3) is 0.684. The minimum atomic E-state index is -0.197. The molecule has 0 atom stereocenters. The van der Waals surface area contributed by atoms with Crippen LogP contribution in [-0.2, 0) is 6.54 Å². The molecule has 1 N–H and O–H groups in total. The smallest absolute Gasteiger partial charge is 0.317 e. The molecule has 3 amide bonds. The second kappa shape index (κ2) is 9.01. The normalized spacial score (nSPS) is 18.4. The lowest BCUT2D eigenvalue weighted by Crippen LogP contribution is -2.54. The van der Waals surface area contributed by atoms with Crippen LogP contribution in [0.3, 0.4) is 0 Å². The van der Waals surface area contributed by atoms with Crippen molar-refractivity contribution >= 4 is 11.9 Å². The number of amides is 3. The van der Waals surface area contributed by atoms with Gasteiger partial charge in [-0.05, 0) is 25.3 Å². The van der Waals surface area contributed by atoms with E-state index in [1.807, 2.05) is 6.92 Å². The SMILES string of the molecule is CCCn1nc(C(=O)N2CCN(C(=O)NC3CCCCC3)CC2)ccc1=O. The van der Waals surface area contributed by atoms with E-state index in [1.54, 1.807) is 9.80 Å². The summed E-state index contributed by atoms with van der Waals surface area (Å²) in [6.45, 7) is 4.43. The van der Waals surface area contributed by atoms with E-state index < -0.39 is 0 Å². The number of hydrogen-bond donors (Lipinski definition) is 1. The van der Waals surface area contributed by atoms with Gasteiger partial charge >= 0.3 is 6.03 Å². The van der Waals surface area contributed by atoms with Crippen LogP contribution < -0.4 is 10.9 Å². The number of aryl methyl sites for hydroxylation is 1. The molecule has 1 aromatic rings. The van der Waals surface area contributed by atoms with Crippen molar-refractivity contribution in [2.75, 3.05) is 26.2 Å². The van der Waals surface area contributed by atoms with Crippen LogP contribution in [0.2, 0.25) is 0 Å². The number of carbonyl (C=O) groups is 2. The predicted octanol–water partition coefficient (Wildman–Crippen LogP) is 1.45. The van der Waals surface area contributed by atoms with Crippen molar-refractivity contribution in [1.29, 1.82) is 0 Å². The Morgan fingerprint density at radius 2 is 1.74 bits per heavy atom. The highest BCUT2D eigenvalue weighted by Crippen LogP contribution is 2.18. The van der Waals surface area contributed by atoms with Crippen LogP contribution in [0.1, 0.15) is 55.9 Å². The van der Waals surface area contributed by atoms with Crippen molar-refractivity contribution < 1.29 is 9.59 Å². The van der Waals surface area contributed by atoms with Gasteiger partial charge in [-0.3, -0.25) is 9.59 Å². The Hall–Kier alpha value is -2.38. The fourth-order valence-corrected chi connectivity index (χ4v) is 3.72. The van der Waals surface area contributed by atoms with E-state index in [0.29, 0.717) is 32.7 Å². The van der Waals surface area contributed by atoms with Gasteiger partial charge in [0.1, 0.15) is 5.69 Å². The van der Waals surface area contributed by atoms with Gasteiger partial charge in [0.05, 0.1) is 0 Å². The summed E-state index contributed by atoms with van der Waals surface area (Å²) >= 11 is 0. The van der Waals surface area contributed by atoms with E-state index in [-0.39, 0.29) is 29.2 Å². The summed E-state index contributed by atoms with van der Waals surface area (Å²) in [6, 6.07) is 3.14. The summed E-state index contributed by atoms with van der Waals surface area (Å²) in [5.74, 6) is -0.188. The van der Waals surface area contributed by atoms with Crippen LogP contribution >= 0.6 is 0 Å². The van der Waals surface area contributed by atoms with Crippen molar-refractivity contribution in [3.8, 4) is 0 Å². The first-order valence-electron chi connectivity index (χ1n) is 10.0. The number of piperazine rings is 1. The highest BCUT2D eigenvalue weighted by atomic mass is 16.2. The van der Waals surface area contributed by atoms with Gasteiger partial charge in [0.2, 0.25) is 0 Å². The first-order valence-corrected chi connectivity index (χ1v) is 10.0. The molecule has 3 rings (SSSR count). The molecule has 2 heterocycles. The number of rotatable bonds is 4. The van der Waals surface area contributed by atoms with Gasteiger partial charge in [-0.15, -0.1) is 0 Å². The molecule has 27 heavy (non-hydrogen) atoms.